The summed E-state index contributed by atoms with van der Waals surface area (Å²) >= 11 is 0. The molecule has 1 aromatic heterocycles. The van der Waals surface area contributed by atoms with Crippen LogP contribution in [-0.2, 0) is 16.0 Å². The van der Waals surface area contributed by atoms with Crippen LogP contribution in [0.4, 0.5) is 14.5 Å². The number of nitrogens with one attached hydrogen (secondary N) is 1. The molecule has 2 aromatic rings. The molecule has 0 aliphatic carbocycles. The first-order valence-electron chi connectivity index (χ1n) is 7.02. The molecule has 0 amide bonds. The Labute approximate surface area is 136 Å². The van der Waals surface area contributed by atoms with Crippen LogP contribution in [0.15, 0.2) is 28.9 Å². The number of carbonyl (C=O) groups excluding carboxylic acids is 2. The van der Waals surface area contributed by atoms with Crippen LogP contribution in [0, 0.1) is 11.6 Å². The van der Waals surface area contributed by atoms with Gasteiger partial charge in [-0.2, -0.15) is 0 Å². The van der Waals surface area contributed by atoms with E-state index in [4.69, 9.17) is 9.15 Å². The van der Waals surface area contributed by atoms with Gasteiger partial charge in [-0.3, -0.25) is 0 Å². The molecule has 0 bridgehead atoms. The van der Waals surface area contributed by atoms with Gasteiger partial charge in [-0.15, -0.1) is 0 Å². The molecule has 0 aliphatic heterocycles. The Balaban J connectivity index is 2.20. The summed E-state index contributed by atoms with van der Waals surface area (Å²) < 4.78 is 41.9. The third-order valence-corrected chi connectivity index (χ3v) is 3.14. The molecular weight excluding hydrogens is 324 g/mol. The molecule has 0 radical (unpaired) electrons. The molecule has 0 saturated heterocycles. The second-order valence-corrected chi connectivity index (χ2v) is 4.63. The van der Waals surface area contributed by atoms with Crippen LogP contribution >= 0.6 is 0 Å². The number of hydrogen-bond acceptors (Lipinski definition) is 6. The molecule has 0 aliphatic rings. The van der Waals surface area contributed by atoms with Crippen molar-refractivity contribution in [3.8, 4) is 0 Å². The zero-order chi connectivity index (χ0) is 17.7. The number of hydrogen-bond donors (Lipinski definition) is 1. The highest BCUT2D eigenvalue weighted by atomic mass is 19.1. The molecule has 2 rings (SSSR count). The average molecular weight is 339 g/mol. The molecule has 128 valence electrons. The monoisotopic (exact) mass is 339 g/mol. The van der Waals surface area contributed by atoms with E-state index in [-0.39, 0.29) is 30.2 Å². The van der Waals surface area contributed by atoms with Crippen LogP contribution < -0.4 is 5.32 Å². The quantitative estimate of drug-likeness (QED) is 0.815. The lowest BCUT2D eigenvalue weighted by molar-refractivity contribution is 0.0522. The third kappa shape index (κ3) is 3.70. The van der Waals surface area contributed by atoms with Crippen LogP contribution in [0.2, 0.25) is 0 Å². The van der Waals surface area contributed by atoms with Crippen LogP contribution in [0.25, 0.3) is 0 Å². The van der Waals surface area contributed by atoms with Crippen molar-refractivity contribution in [1.82, 2.24) is 0 Å². The van der Waals surface area contributed by atoms with E-state index in [0.29, 0.717) is 6.07 Å². The number of halogens is 2. The fourth-order valence-corrected chi connectivity index (χ4v) is 1.99. The number of furan rings is 1. The molecule has 0 fully saturated rings. The average Bonchev–Trinajstić information content (AvgIpc) is 3.02. The van der Waals surface area contributed by atoms with E-state index in [1.807, 2.05) is 0 Å². The SMILES string of the molecule is CCOC(=O)c1ccoc1CNc1cc(C(=O)OC)c(F)cc1F. The maximum Gasteiger partial charge on any atom is 0.341 e. The molecule has 1 aromatic carbocycles. The summed E-state index contributed by atoms with van der Waals surface area (Å²) in [5.41, 5.74) is -0.352. The first kappa shape index (κ1) is 17.5. The Kier molecular flexibility index (Phi) is 5.51. The van der Waals surface area contributed by atoms with Gasteiger partial charge in [0.1, 0.15) is 23.0 Å². The number of methoxy groups -OCH3 is 1. The predicted molar refractivity (Wildman–Crippen MR) is 79.7 cm³/mol. The highest BCUT2D eigenvalue weighted by Gasteiger charge is 2.19. The number of ether oxygens (including phenoxy) is 2. The van der Waals surface area contributed by atoms with Crippen molar-refractivity contribution in [1.29, 1.82) is 0 Å². The summed E-state index contributed by atoms with van der Waals surface area (Å²) in [7, 11) is 1.09. The van der Waals surface area contributed by atoms with Crippen molar-refractivity contribution >= 4 is 17.6 Å². The number of anilines is 1. The van der Waals surface area contributed by atoms with Gasteiger partial charge in [-0.25, -0.2) is 18.4 Å². The standard InChI is InChI=1S/C16H15F2NO5/c1-3-23-16(21)9-4-5-24-14(9)8-19-13-6-10(15(20)22-2)11(17)7-12(13)18/h4-7,19H,3,8H2,1-2H3. The number of rotatable bonds is 6. The maximum absolute atomic E-state index is 13.8. The molecule has 0 saturated carbocycles. The topological polar surface area (TPSA) is 77.8 Å². The zero-order valence-electron chi connectivity index (χ0n) is 13.0. The fraction of sp³-hybridized carbons (Fsp3) is 0.250. The van der Waals surface area contributed by atoms with Crippen molar-refractivity contribution in [3.63, 3.8) is 0 Å². The van der Waals surface area contributed by atoms with Gasteiger partial charge in [-0.1, -0.05) is 0 Å². The third-order valence-electron chi connectivity index (χ3n) is 3.14. The minimum Gasteiger partial charge on any atom is -0.467 e. The lowest BCUT2D eigenvalue weighted by Crippen LogP contribution is -2.11. The van der Waals surface area contributed by atoms with E-state index in [1.54, 1.807) is 6.92 Å². The van der Waals surface area contributed by atoms with Gasteiger partial charge in [0.15, 0.2) is 0 Å². The molecule has 1 N–H and O–H groups in total. The Hall–Kier alpha value is -2.90. The van der Waals surface area contributed by atoms with Crippen molar-refractivity contribution in [2.45, 2.75) is 13.5 Å². The minimum atomic E-state index is -1.03. The Morgan fingerprint density at radius 3 is 2.58 bits per heavy atom. The normalized spacial score (nSPS) is 10.3. The lowest BCUT2D eigenvalue weighted by atomic mass is 10.1. The first-order chi connectivity index (χ1) is 11.5. The van der Waals surface area contributed by atoms with Gasteiger partial charge in [0.25, 0.3) is 0 Å². The van der Waals surface area contributed by atoms with Gasteiger partial charge in [0, 0.05) is 6.07 Å². The van der Waals surface area contributed by atoms with Gasteiger partial charge in [-0.05, 0) is 19.1 Å². The van der Waals surface area contributed by atoms with E-state index < -0.39 is 29.1 Å². The van der Waals surface area contributed by atoms with Crippen LogP contribution in [-0.4, -0.2) is 25.7 Å². The first-order valence-corrected chi connectivity index (χ1v) is 7.02. The largest absolute Gasteiger partial charge is 0.467 e. The Morgan fingerprint density at radius 1 is 1.17 bits per heavy atom. The highest BCUT2D eigenvalue weighted by Crippen LogP contribution is 2.22. The summed E-state index contributed by atoms with van der Waals surface area (Å²) in [6.07, 6.45) is 1.30. The van der Waals surface area contributed by atoms with Crippen molar-refractivity contribution in [3.05, 3.63) is 53.0 Å². The smallest absolute Gasteiger partial charge is 0.341 e. The number of carbonyl (C=O) groups is 2. The Bertz CT molecular complexity index is 757. The Morgan fingerprint density at radius 2 is 1.92 bits per heavy atom. The van der Waals surface area contributed by atoms with Crippen molar-refractivity contribution < 1.29 is 32.3 Å². The molecule has 1 heterocycles. The van der Waals surface area contributed by atoms with Crippen LogP contribution in [0.1, 0.15) is 33.4 Å². The van der Waals surface area contributed by atoms with Crippen LogP contribution in [0.3, 0.4) is 0 Å². The summed E-state index contributed by atoms with van der Waals surface area (Å²) in [4.78, 5) is 23.2. The highest BCUT2D eigenvalue weighted by molar-refractivity contribution is 5.91. The number of benzene rings is 1. The molecule has 8 heteroatoms. The maximum atomic E-state index is 13.8. The molecule has 0 atom stereocenters. The summed E-state index contributed by atoms with van der Waals surface area (Å²) in [5.74, 6) is -3.21. The second kappa shape index (κ2) is 7.58. The van der Waals surface area contributed by atoms with E-state index in [9.17, 15) is 18.4 Å². The fourth-order valence-electron chi connectivity index (χ4n) is 1.99. The van der Waals surface area contributed by atoms with Gasteiger partial charge >= 0.3 is 11.9 Å². The summed E-state index contributed by atoms with van der Waals surface area (Å²) in [5, 5.41) is 2.65. The van der Waals surface area contributed by atoms with E-state index in [0.717, 1.165) is 13.2 Å². The van der Waals surface area contributed by atoms with E-state index >= 15 is 0 Å². The molecule has 0 unspecified atom stereocenters. The summed E-state index contributed by atoms with van der Waals surface area (Å²) in [6.45, 7) is 1.80. The molecule has 0 spiro atoms. The van der Waals surface area contributed by atoms with E-state index in [2.05, 4.69) is 10.1 Å². The second-order valence-electron chi connectivity index (χ2n) is 4.63. The van der Waals surface area contributed by atoms with Crippen molar-refractivity contribution in [2.24, 2.45) is 0 Å². The van der Waals surface area contributed by atoms with Gasteiger partial charge in [0.2, 0.25) is 0 Å². The number of esters is 2. The minimum absolute atomic E-state index is 0.0652. The zero-order valence-corrected chi connectivity index (χ0v) is 13.0. The molecular formula is C16H15F2NO5. The predicted octanol–water partition coefficient (Wildman–Crippen LogP) is 3.13. The summed E-state index contributed by atoms with van der Waals surface area (Å²) in [6, 6.07) is 2.99. The van der Waals surface area contributed by atoms with Crippen molar-refractivity contribution in [2.75, 3.05) is 19.0 Å². The van der Waals surface area contributed by atoms with Gasteiger partial charge in [0.05, 0.1) is 37.8 Å². The lowest BCUT2D eigenvalue weighted by Gasteiger charge is -2.10. The molecule has 6 nitrogen and oxygen atoms in total. The van der Waals surface area contributed by atoms with E-state index in [1.165, 1.54) is 12.3 Å². The van der Waals surface area contributed by atoms with Crippen LogP contribution in [0.5, 0.6) is 0 Å². The molecule has 24 heavy (non-hydrogen) atoms. The van der Waals surface area contributed by atoms with Gasteiger partial charge < -0.3 is 19.2 Å².